The second-order valence-corrected chi connectivity index (χ2v) is 12.4. The molecule has 0 aromatic carbocycles. The summed E-state index contributed by atoms with van der Waals surface area (Å²) >= 11 is 12.5. The number of aliphatic carboxylic acids is 1. The van der Waals surface area contributed by atoms with E-state index in [0.717, 1.165) is 17.3 Å². The molecule has 1 saturated heterocycles. The fraction of sp³-hybridized carbons (Fsp3) is 0.630. The predicted octanol–water partition coefficient (Wildman–Crippen LogP) is 6.45. The van der Waals surface area contributed by atoms with Crippen LogP contribution in [0.2, 0.25) is 10.0 Å². The third-order valence-corrected chi connectivity index (χ3v) is 8.72. The molecule has 0 radical (unpaired) electrons. The second-order valence-electron chi connectivity index (χ2n) is 11.6. The minimum atomic E-state index is -4.86. The lowest BCUT2D eigenvalue weighted by Gasteiger charge is -2.34. The molecule has 0 unspecified atom stereocenters. The minimum absolute atomic E-state index is 0.0471. The molecule has 220 valence electrons. The first-order valence-electron chi connectivity index (χ1n) is 13.2. The van der Waals surface area contributed by atoms with Crippen LogP contribution in [-0.2, 0) is 22.1 Å². The van der Waals surface area contributed by atoms with Crippen LogP contribution in [0.15, 0.2) is 18.6 Å². The van der Waals surface area contributed by atoms with Gasteiger partial charge in [0.2, 0.25) is 0 Å². The first-order chi connectivity index (χ1) is 18.6. The second kappa shape index (κ2) is 11.5. The van der Waals surface area contributed by atoms with Crippen molar-refractivity contribution in [1.82, 2.24) is 19.7 Å². The average molecular weight is 605 g/mol. The molecule has 13 heteroatoms. The van der Waals surface area contributed by atoms with Gasteiger partial charge in [0.05, 0.1) is 45.0 Å². The van der Waals surface area contributed by atoms with E-state index in [0.29, 0.717) is 22.0 Å². The molecule has 1 atom stereocenters. The Morgan fingerprint density at radius 2 is 1.73 bits per heavy atom. The van der Waals surface area contributed by atoms with Crippen molar-refractivity contribution in [3.05, 3.63) is 45.5 Å². The van der Waals surface area contributed by atoms with E-state index in [-0.39, 0.29) is 51.3 Å². The van der Waals surface area contributed by atoms with E-state index in [4.69, 9.17) is 27.9 Å². The van der Waals surface area contributed by atoms with Crippen LogP contribution < -0.4 is 0 Å². The summed E-state index contributed by atoms with van der Waals surface area (Å²) < 4.78 is 50.3. The molecular formula is C27H33Cl2F3N4O4. The molecule has 2 aliphatic rings. The molecule has 1 N–H and O–H groups in total. The van der Waals surface area contributed by atoms with Crippen molar-refractivity contribution in [2.45, 2.75) is 89.6 Å². The largest absolute Gasteiger partial charge is 0.481 e. The monoisotopic (exact) mass is 604 g/mol. The fourth-order valence-electron chi connectivity index (χ4n) is 5.60. The molecule has 40 heavy (non-hydrogen) atoms. The number of pyridine rings is 1. The third kappa shape index (κ3) is 6.57. The number of carboxylic acid groups (broad SMARTS) is 1. The topological polar surface area (TPSA) is 97.6 Å². The van der Waals surface area contributed by atoms with E-state index in [1.165, 1.54) is 17.3 Å². The Morgan fingerprint density at radius 3 is 2.25 bits per heavy atom. The van der Waals surface area contributed by atoms with Gasteiger partial charge in [-0.05, 0) is 71.3 Å². The Bertz CT molecular complexity index is 1240. The Morgan fingerprint density at radius 1 is 1.10 bits per heavy atom. The van der Waals surface area contributed by atoms with Gasteiger partial charge in [-0.15, -0.1) is 0 Å². The molecule has 1 saturated carbocycles. The number of amides is 1. The summed E-state index contributed by atoms with van der Waals surface area (Å²) in [6.45, 7) is 5.60. The van der Waals surface area contributed by atoms with Gasteiger partial charge in [0, 0.05) is 25.5 Å². The molecular weight excluding hydrogens is 572 g/mol. The Hall–Kier alpha value is -2.37. The zero-order valence-corrected chi connectivity index (χ0v) is 24.1. The fourth-order valence-corrected chi connectivity index (χ4v) is 6.15. The summed E-state index contributed by atoms with van der Waals surface area (Å²) in [6.07, 6.45) is 1.04. The number of rotatable bonds is 8. The quantitative estimate of drug-likeness (QED) is 0.372. The summed E-state index contributed by atoms with van der Waals surface area (Å²) in [6, 6.07) is -0.674. The maximum atomic E-state index is 14.5. The van der Waals surface area contributed by atoms with Gasteiger partial charge in [-0.25, -0.2) is 0 Å². The Kier molecular flexibility index (Phi) is 8.78. The normalized spacial score (nSPS) is 24.7. The zero-order valence-electron chi connectivity index (χ0n) is 22.6. The SMILES string of the molecule is CC1(C)CC[C@H](CN(CCc2c(Cl)cncc2Cl)C(=O)c2cnn(C3CCC(C)(C(=O)O)CC3)c2C(F)(F)F)O1. The van der Waals surface area contributed by atoms with Crippen LogP contribution in [0.1, 0.15) is 87.0 Å². The molecule has 2 aromatic rings. The number of alkyl halides is 3. The first-order valence-corrected chi connectivity index (χ1v) is 14.0. The van der Waals surface area contributed by atoms with Crippen LogP contribution in [0.4, 0.5) is 13.2 Å². The predicted molar refractivity (Wildman–Crippen MR) is 143 cm³/mol. The van der Waals surface area contributed by atoms with E-state index in [1.807, 2.05) is 13.8 Å². The van der Waals surface area contributed by atoms with Crippen LogP contribution in [0.5, 0.6) is 0 Å². The van der Waals surface area contributed by atoms with E-state index in [2.05, 4.69) is 10.1 Å². The molecule has 1 aliphatic carbocycles. The van der Waals surface area contributed by atoms with Crippen molar-refractivity contribution in [3.8, 4) is 0 Å². The number of carbonyl (C=O) groups excluding carboxylic acids is 1. The summed E-state index contributed by atoms with van der Waals surface area (Å²) in [7, 11) is 0. The highest BCUT2D eigenvalue weighted by Gasteiger charge is 2.45. The highest BCUT2D eigenvalue weighted by molar-refractivity contribution is 6.35. The molecule has 4 rings (SSSR count). The van der Waals surface area contributed by atoms with Gasteiger partial charge in [-0.1, -0.05) is 23.2 Å². The third-order valence-electron chi connectivity index (χ3n) is 8.06. The standard InChI is InChI=1S/C27H33Cl2F3N4O4/c1-25(2)8-6-17(40-25)15-35(11-7-18-20(28)13-33-14-21(18)29)23(37)19-12-34-36(22(19)27(30,31)32)16-4-9-26(3,10-5-16)24(38)39/h12-14,16-17H,4-11,15H2,1-3H3,(H,38,39)/t16?,17-,26?/m1/s1. The number of ether oxygens (including phenoxy) is 1. The van der Waals surface area contributed by atoms with Crippen molar-refractivity contribution in [1.29, 1.82) is 0 Å². The van der Waals surface area contributed by atoms with Crippen LogP contribution in [0, 0.1) is 5.41 Å². The number of carbonyl (C=O) groups is 2. The first kappa shape index (κ1) is 30.6. The van der Waals surface area contributed by atoms with E-state index >= 15 is 0 Å². The Balaban J connectivity index is 1.63. The minimum Gasteiger partial charge on any atom is -0.481 e. The number of hydrogen-bond donors (Lipinski definition) is 1. The van der Waals surface area contributed by atoms with Gasteiger partial charge in [0.25, 0.3) is 5.91 Å². The number of aromatic nitrogens is 3. The Labute approximate surface area is 240 Å². The molecule has 8 nitrogen and oxygen atoms in total. The average Bonchev–Trinajstić information content (AvgIpc) is 3.46. The van der Waals surface area contributed by atoms with Gasteiger partial charge in [-0.2, -0.15) is 18.3 Å². The number of halogens is 5. The molecule has 1 amide bonds. The zero-order chi connectivity index (χ0) is 29.5. The van der Waals surface area contributed by atoms with Gasteiger partial charge >= 0.3 is 12.1 Å². The number of nitrogens with zero attached hydrogens (tertiary/aromatic N) is 4. The molecule has 0 bridgehead atoms. The van der Waals surface area contributed by atoms with Crippen LogP contribution in [0.25, 0.3) is 0 Å². The molecule has 2 aromatic heterocycles. The van der Waals surface area contributed by atoms with Gasteiger partial charge in [0.15, 0.2) is 5.69 Å². The summed E-state index contributed by atoms with van der Waals surface area (Å²) in [5, 5.41) is 14.1. The van der Waals surface area contributed by atoms with Gasteiger partial charge in [-0.3, -0.25) is 19.3 Å². The lowest BCUT2D eigenvalue weighted by Crippen LogP contribution is -2.40. The summed E-state index contributed by atoms with van der Waals surface area (Å²) in [5.41, 5.74) is -2.53. The molecule has 1 aliphatic heterocycles. The number of carboxylic acids is 1. The maximum absolute atomic E-state index is 14.5. The molecule has 2 fully saturated rings. The highest BCUT2D eigenvalue weighted by atomic mass is 35.5. The summed E-state index contributed by atoms with van der Waals surface area (Å²) in [4.78, 5) is 30.7. The highest BCUT2D eigenvalue weighted by Crippen LogP contribution is 2.43. The maximum Gasteiger partial charge on any atom is 0.433 e. The van der Waals surface area contributed by atoms with Crippen molar-refractivity contribution < 1.29 is 32.6 Å². The lowest BCUT2D eigenvalue weighted by atomic mass is 9.74. The van der Waals surface area contributed by atoms with E-state index in [1.54, 1.807) is 6.92 Å². The van der Waals surface area contributed by atoms with E-state index < -0.39 is 46.4 Å². The lowest BCUT2D eigenvalue weighted by molar-refractivity contribution is -0.152. The van der Waals surface area contributed by atoms with Crippen molar-refractivity contribution in [2.24, 2.45) is 5.41 Å². The van der Waals surface area contributed by atoms with Crippen LogP contribution in [-0.4, -0.2) is 61.4 Å². The van der Waals surface area contributed by atoms with Gasteiger partial charge < -0.3 is 14.7 Å². The molecule has 3 heterocycles. The van der Waals surface area contributed by atoms with Gasteiger partial charge in [0.1, 0.15) is 0 Å². The smallest absolute Gasteiger partial charge is 0.433 e. The summed E-state index contributed by atoms with van der Waals surface area (Å²) in [5.74, 6) is -1.79. The van der Waals surface area contributed by atoms with Crippen LogP contribution in [0.3, 0.4) is 0 Å². The van der Waals surface area contributed by atoms with Crippen LogP contribution >= 0.6 is 23.2 Å². The van der Waals surface area contributed by atoms with Crippen molar-refractivity contribution in [3.63, 3.8) is 0 Å². The van der Waals surface area contributed by atoms with Crippen molar-refractivity contribution >= 4 is 35.1 Å². The number of hydrogen-bond acceptors (Lipinski definition) is 5. The van der Waals surface area contributed by atoms with E-state index in [9.17, 15) is 27.9 Å². The van der Waals surface area contributed by atoms with Crippen molar-refractivity contribution in [2.75, 3.05) is 13.1 Å². The molecule has 0 spiro atoms.